The van der Waals surface area contributed by atoms with Gasteiger partial charge in [-0.25, -0.2) is 0 Å². The summed E-state index contributed by atoms with van der Waals surface area (Å²) in [5.74, 6) is 0. The molecule has 2 nitrogen and oxygen atoms in total. The molecule has 278 valence electrons. The van der Waals surface area contributed by atoms with E-state index in [2.05, 4.69) is 32.9 Å². The summed E-state index contributed by atoms with van der Waals surface area (Å²) in [7, 11) is 0. The third kappa shape index (κ3) is 45.6. The Bertz CT molecular complexity index is 522. The maximum absolute atomic E-state index is 9.33. The summed E-state index contributed by atoms with van der Waals surface area (Å²) < 4.78 is 0. The molecule has 0 aromatic carbocycles. The SMILES string of the molecule is CCCCCCCCCC.CCCCCCCCCCCCCCCCCCC(CCCCCCCCCCCCCCC)=NO. The van der Waals surface area contributed by atoms with E-state index < -0.39 is 0 Å². The van der Waals surface area contributed by atoms with E-state index in [0.717, 1.165) is 18.6 Å². The van der Waals surface area contributed by atoms with Gasteiger partial charge in [0.1, 0.15) is 0 Å². The van der Waals surface area contributed by atoms with Crippen LogP contribution in [-0.4, -0.2) is 10.9 Å². The minimum atomic E-state index is 1.01. The lowest BCUT2D eigenvalue weighted by atomic mass is 10.0. The molecule has 0 amide bonds. The van der Waals surface area contributed by atoms with E-state index in [9.17, 15) is 5.21 Å². The lowest BCUT2D eigenvalue weighted by Crippen LogP contribution is -1.99. The zero-order valence-electron chi connectivity index (χ0n) is 33.0. The molecular weight excluding hydrogens is 558 g/mol. The molecule has 0 aliphatic rings. The van der Waals surface area contributed by atoms with Crippen LogP contribution >= 0.6 is 0 Å². The van der Waals surface area contributed by atoms with Crippen molar-refractivity contribution in [1.82, 2.24) is 0 Å². The number of hydrogen-bond donors (Lipinski definition) is 1. The van der Waals surface area contributed by atoms with Crippen LogP contribution in [0.3, 0.4) is 0 Å². The molecule has 0 spiro atoms. The molecule has 2 heteroatoms. The van der Waals surface area contributed by atoms with Gasteiger partial charge in [-0.15, -0.1) is 0 Å². The molecule has 0 aliphatic heterocycles. The van der Waals surface area contributed by atoms with Crippen molar-refractivity contribution < 1.29 is 5.21 Å². The molecule has 0 aliphatic carbocycles. The van der Waals surface area contributed by atoms with E-state index in [0.29, 0.717) is 0 Å². The maximum Gasteiger partial charge on any atom is 0.0570 e. The minimum absolute atomic E-state index is 1.01. The van der Waals surface area contributed by atoms with Crippen LogP contribution in [0.2, 0.25) is 0 Å². The van der Waals surface area contributed by atoms with Crippen LogP contribution in [0.4, 0.5) is 0 Å². The zero-order chi connectivity index (χ0) is 33.9. The third-order valence-electron chi connectivity index (χ3n) is 9.99. The Kier molecular flexibility index (Phi) is 48.2. The van der Waals surface area contributed by atoms with Crippen molar-refractivity contribution >= 4 is 5.71 Å². The van der Waals surface area contributed by atoms with E-state index in [1.807, 2.05) is 0 Å². The van der Waals surface area contributed by atoms with Crippen LogP contribution in [-0.2, 0) is 0 Å². The number of unbranched alkanes of at least 4 members (excludes halogenated alkanes) is 34. The fourth-order valence-corrected chi connectivity index (χ4v) is 6.66. The minimum Gasteiger partial charge on any atom is -0.411 e. The molecule has 0 unspecified atom stereocenters. The van der Waals surface area contributed by atoms with E-state index in [4.69, 9.17) is 0 Å². The number of hydrogen-bond acceptors (Lipinski definition) is 2. The van der Waals surface area contributed by atoms with Gasteiger partial charge in [-0.2, -0.15) is 0 Å². The molecule has 0 aromatic rings. The quantitative estimate of drug-likeness (QED) is 0.0307. The number of rotatable bonds is 38. The van der Waals surface area contributed by atoms with Gasteiger partial charge >= 0.3 is 0 Å². The molecule has 0 saturated heterocycles. The van der Waals surface area contributed by atoms with Gasteiger partial charge in [0.05, 0.1) is 5.71 Å². The Morgan fingerprint density at radius 3 is 0.565 bits per heavy atom. The summed E-state index contributed by atoms with van der Waals surface area (Å²) in [6.45, 7) is 9.13. The fraction of sp³-hybridized carbons (Fsp3) is 0.977. The van der Waals surface area contributed by atoms with Crippen LogP contribution in [0.25, 0.3) is 0 Å². The predicted molar refractivity (Wildman–Crippen MR) is 212 cm³/mol. The van der Waals surface area contributed by atoms with Gasteiger partial charge < -0.3 is 5.21 Å². The zero-order valence-corrected chi connectivity index (χ0v) is 33.0. The molecular formula is C44H91NO. The smallest absolute Gasteiger partial charge is 0.0570 e. The Morgan fingerprint density at radius 2 is 0.413 bits per heavy atom. The Morgan fingerprint density at radius 1 is 0.261 bits per heavy atom. The van der Waals surface area contributed by atoms with E-state index in [1.165, 1.54) is 238 Å². The molecule has 0 fully saturated rings. The second kappa shape index (κ2) is 46.6. The lowest BCUT2D eigenvalue weighted by Gasteiger charge is -2.06. The molecule has 1 N–H and O–H groups in total. The van der Waals surface area contributed by atoms with Crippen LogP contribution < -0.4 is 0 Å². The second-order valence-electron chi connectivity index (χ2n) is 14.8. The van der Waals surface area contributed by atoms with E-state index in [-0.39, 0.29) is 0 Å². The van der Waals surface area contributed by atoms with Gasteiger partial charge in [-0.3, -0.25) is 0 Å². The van der Waals surface area contributed by atoms with Crippen molar-refractivity contribution in [2.75, 3.05) is 0 Å². The third-order valence-corrected chi connectivity index (χ3v) is 9.99. The summed E-state index contributed by atoms with van der Waals surface area (Å²) in [4.78, 5) is 0. The first-order valence-corrected chi connectivity index (χ1v) is 22.0. The van der Waals surface area contributed by atoms with Crippen molar-refractivity contribution in [3.05, 3.63) is 0 Å². The van der Waals surface area contributed by atoms with Crippen LogP contribution in [0.1, 0.15) is 278 Å². The van der Waals surface area contributed by atoms with Crippen LogP contribution in [0.5, 0.6) is 0 Å². The van der Waals surface area contributed by atoms with E-state index >= 15 is 0 Å². The summed E-state index contributed by atoms with van der Waals surface area (Å²) in [6.07, 6.45) is 54.1. The van der Waals surface area contributed by atoms with Gasteiger partial charge in [0.2, 0.25) is 0 Å². The predicted octanol–water partition coefficient (Wildman–Crippen LogP) is 17.1. The molecule has 0 radical (unpaired) electrons. The topological polar surface area (TPSA) is 32.6 Å². The number of oxime groups is 1. The molecule has 0 aromatic heterocycles. The standard InChI is InChI=1S/C34H69NO.C10H22/c1-3-5-7-9-11-13-15-17-18-19-21-23-25-27-29-31-33-34(35-36)32-30-28-26-24-22-20-16-14-12-10-8-6-4-2;1-3-5-7-9-10-8-6-4-2/h36H,3-33H2,1-2H3;3-10H2,1-2H3. The van der Waals surface area contributed by atoms with Gasteiger partial charge in [-0.1, -0.05) is 258 Å². The molecule has 46 heavy (non-hydrogen) atoms. The summed E-state index contributed by atoms with van der Waals surface area (Å²) in [6, 6.07) is 0. The van der Waals surface area contributed by atoms with Gasteiger partial charge in [0.25, 0.3) is 0 Å². The molecule has 0 atom stereocenters. The van der Waals surface area contributed by atoms with Crippen molar-refractivity contribution in [3.8, 4) is 0 Å². The summed E-state index contributed by atoms with van der Waals surface area (Å²) in [5.41, 5.74) is 1.04. The first-order chi connectivity index (χ1) is 22.8. The molecule has 0 heterocycles. The molecule has 0 saturated carbocycles. The van der Waals surface area contributed by atoms with Crippen LogP contribution in [0, 0.1) is 0 Å². The second-order valence-corrected chi connectivity index (χ2v) is 14.8. The largest absolute Gasteiger partial charge is 0.411 e. The average molecular weight is 650 g/mol. The van der Waals surface area contributed by atoms with Gasteiger partial charge in [0, 0.05) is 0 Å². The van der Waals surface area contributed by atoms with Crippen molar-refractivity contribution in [3.63, 3.8) is 0 Å². The highest BCUT2D eigenvalue weighted by Gasteiger charge is 2.02. The van der Waals surface area contributed by atoms with Crippen molar-refractivity contribution in [1.29, 1.82) is 0 Å². The Balaban J connectivity index is 0. The Hall–Kier alpha value is -0.530. The van der Waals surface area contributed by atoms with Gasteiger partial charge in [0.15, 0.2) is 0 Å². The highest BCUT2D eigenvalue weighted by Crippen LogP contribution is 2.16. The van der Waals surface area contributed by atoms with Crippen molar-refractivity contribution in [2.45, 2.75) is 278 Å². The van der Waals surface area contributed by atoms with Crippen molar-refractivity contribution in [2.24, 2.45) is 5.16 Å². The fourth-order valence-electron chi connectivity index (χ4n) is 6.66. The van der Waals surface area contributed by atoms with Crippen LogP contribution in [0.15, 0.2) is 5.16 Å². The number of nitrogens with zero attached hydrogens (tertiary/aromatic N) is 1. The van der Waals surface area contributed by atoms with Gasteiger partial charge in [-0.05, 0) is 25.7 Å². The Labute approximate surface area is 293 Å². The normalized spacial score (nSPS) is 11.6. The average Bonchev–Trinajstić information content (AvgIpc) is 3.07. The summed E-state index contributed by atoms with van der Waals surface area (Å²) in [5, 5.41) is 12.9. The molecule has 0 bridgehead atoms. The lowest BCUT2D eigenvalue weighted by molar-refractivity contribution is 0.315. The monoisotopic (exact) mass is 650 g/mol. The molecule has 0 rings (SSSR count). The highest BCUT2D eigenvalue weighted by atomic mass is 16.4. The first kappa shape index (κ1) is 47.6. The maximum atomic E-state index is 9.33. The highest BCUT2D eigenvalue weighted by molar-refractivity contribution is 5.83. The first-order valence-electron chi connectivity index (χ1n) is 22.0. The summed E-state index contributed by atoms with van der Waals surface area (Å²) >= 11 is 0. The van der Waals surface area contributed by atoms with E-state index in [1.54, 1.807) is 0 Å².